The predicted octanol–water partition coefficient (Wildman–Crippen LogP) is 5.20. The molecule has 4 rings (SSSR count). The molecule has 1 atom stereocenters. The first-order valence-electron chi connectivity index (χ1n) is 11.7. The molecule has 1 heterocycles. The number of amides is 2. The van der Waals surface area contributed by atoms with Crippen LogP contribution in [-0.4, -0.2) is 30.6 Å². The van der Waals surface area contributed by atoms with E-state index in [0.717, 1.165) is 5.56 Å². The van der Waals surface area contributed by atoms with E-state index in [1.807, 2.05) is 43.3 Å². The molecule has 0 unspecified atom stereocenters. The quantitative estimate of drug-likeness (QED) is 0.305. The summed E-state index contributed by atoms with van der Waals surface area (Å²) in [5, 5.41) is 3.24. The molecule has 4 aromatic rings. The highest BCUT2D eigenvalue weighted by Crippen LogP contribution is 2.29. The highest BCUT2D eigenvalue weighted by atomic mass is 35.5. The number of urea groups is 1. The number of nitrogens with one attached hydrogen (secondary N) is 2. The summed E-state index contributed by atoms with van der Waals surface area (Å²) in [6.45, 7) is 4.03. The summed E-state index contributed by atoms with van der Waals surface area (Å²) in [5.41, 5.74) is 2.19. The summed E-state index contributed by atoms with van der Waals surface area (Å²) in [7, 11) is -4.08. The molecule has 37 heavy (non-hydrogen) atoms. The number of benzene rings is 3. The van der Waals surface area contributed by atoms with E-state index in [-0.39, 0.29) is 4.90 Å². The van der Waals surface area contributed by atoms with Crippen molar-refractivity contribution < 1.29 is 17.9 Å². The Labute approximate surface area is 221 Å². The fraction of sp³-hybridized carbons (Fsp3) is 0.185. The van der Waals surface area contributed by atoms with Gasteiger partial charge in [0.15, 0.2) is 0 Å². The molecule has 1 aromatic heterocycles. The average Bonchev–Trinajstić information content (AvgIpc) is 3.35. The van der Waals surface area contributed by atoms with E-state index in [1.165, 1.54) is 6.07 Å². The SMILES string of the molecule is CCOc1ccc(-n2ccnc2[C@H](Cc2ccccc2)NC(=O)NS(=O)(=O)c2ccccc2C)cc1Cl. The van der Waals surface area contributed by atoms with Crippen LogP contribution >= 0.6 is 11.6 Å². The minimum absolute atomic E-state index is 0.0373. The lowest BCUT2D eigenvalue weighted by Crippen LogP contribution is -2.42. The molecule has 0 aliphatic rings. The Hall–Kier alpha value is -3.82. The minimum atomic E-state index is -4.08. The van der Waals surface area contributed by atoms with Crippen molar-refractivity contribution in [1.82, 2.24) is 19.6 Å². The predicted molar refractivity (Wildman–Crippen MR) is 143 cm³/mol. The topological polar surface area (TPSA) is 102 Å². The normalized spacial score (nSPS) is 12.1. The highest BCUT2D eigenvalue weighted by molar-refractivity contribution is 7.90. The second kappa shape index (κ2) is 11.5. The number of sulfonamides is 1. The molecule has 0 aliphatic carbocycles. The van der Waals surface area contributed by atoms with Gasteiger partial charge in [-0.05, 0) is 55.7 Å². The van der Waals surface area contributed by atoms with E-state index >= 15 is 0 Å². The highest BCUT2D eigenvalue weighted by Gasteiger charge is 2.25. The number of nitrogens with zero attached hydrogens (tertiary/aromatic N) is 2. The number of halogens is 1. The molecule has 2 N–H and O–H groups in total. The maximum atomic E-state index is 13.0. The van der Waals surface area contributed by atoms with Gasteiger partial charge in [-0.2, -0.15) is 0 Å². The number of hydrogen-bond donors (Lipinski definition) is 2. The molecule has 8 nitrogen and oxygen atoms in total. The fourth-order valence-electron chi connectivity index (χ4n) is 3.98. The molecule has 0 saturated carbocycles. The Balaban J connectivity index is 1.64. The van der Waals surface area contributed by atoms with Gasteiger partial charge < -0.3 is 14.6 Å². The van der Waals surface area contributed by atoms with E-state index in [2.05, 4.69) is 15.0 Å². The first kappa shape index (κ1) is 26.2. The molecule has 3 aromatic carbocycles. The van der Waals surface area contributed by atoms with Crippen molar-refractivity contribution in [2.45, 2.75) is 31.2 Å². The van der Waals surface area contributed by atoms with Crippen LogP contribution in [0.4, 0.5) is 4.79 Å². The third-order valence-corrected chi connectivity index (χ3v) is 7.46. The van der Waals surface area contributed by atoms with Gasteiger partial charge in [0.05, 0.1) is 22.6 Å². The van der Waals surface area contributed by atoms with Gasteiger partial charge in [0.25, 0.3) is 10.0 Å². The minimum Gasteiger partial charge on any atom is -0.492 e. The van der Waals surface area contributed by atoms with E-state index in [0.29, 0.717) is 40.9 Å². The molecule has 10 heteroatoms. The van der Waals surface area contributed by atoms with Crippen LogP contribution in [0.2, 0.25) is 5.02 Å². The third kappa shape index (κ3) is 6.31. The van der Waals surface area contributed by atoms with Gasteiger partial charge >= 0.3 is 6.03 Å². The van der Waals surface area contributed by atoms with Crippen molar-refractivity contribution in [2.75, 3.05) is 6.61 Å². The number of carbonyl (C=O) groups excluding carboxylic acids is 1. The third-order valence-electron chi connectivity index (χ3n) is 5.67. The summed E-state index contributed by atoms with van der Waals surface area (Å²) in [6.07, 6.45) is 3.74. The maximum absolute atomic E-state index is 13.0. The van der Waals surface area contributed by atoms with Crippen LogP contribution in [0.1, 0.15) is 29.9 Å². The molecule has 0 spiro atoms. The van der Waals surface area contributed by atoms with Gasteiger partial charge in [0.1, 0.15) is 11.6 Å². The standard InChI is InChI=1S/C27H27ClN4O4S/c1-3-36-24-14-13-21(18-22(24)28)32-16-15-29-26(32)23(17-20-10-5-4-6-11-20)30-27(33)31-37(34,35)25-12-8-7-9-19(25)2/h4-16,18,23H,3,17H2,1-2H3,(H2,30,31,33)/t23-/m0/s1. The van der Waals surface area contributed by atoms with Crippen LogP contribution < -0.4 is 14.8 Å². The van der Waals surface area contributed by atoms with E-state index in [9.17, 15) is 13.2 Å². The van der Waals surface area contributed by atoms with Crippen LogP contribution in [0.15, 0.2) is 90.1 Å². The van der Waals surface area contributed by atoms with Crippen molar-refractivity contribution >= 4 is 27.7 Å². The second-order valence-electron chi connectivity index (χ2n) is 8.29. The first-order valence-corrected chi connectivity index (χ1v) is 13.5. The van der Waals surface area contributed by atoms with Crippen LogP contribution in [0.3, 0.4) is 0 Å². The summed E-state index contributed by atoms with van der Waals surface area (Å²) in [4.78, 5) is 17.5. The smallest absolute Gasteiger partial charge is 0.329 e. The number of aromatic nitrogens is 2. The van der Waals surface area contributed by atoms with E-state index in [4.69, 9.17) is 16.3 Å². The number of ether oxygens (including phenoxy) is 1. The van der Waals surface area contributed by atoms with E-state index < -0.39 is 22.1 Å². The molecule has 192 valence electrons. The van der Waals surface area contributed by atoms with Crippen LogP contribution in [0, 0.1) is 6.92 Å². The van der Waals surface area contributed by atoms with Gasteiger partial charge in [-0.25, -0.2) is 22.9 Å². The van der Waals surface area contributed by atoms with Crippen molar-refractivity contribution in [2.24, 2.45) is 0 Å². The molecule has 2 amide bonds. The molecule has 0 bridgehead atoms. The van der Waals surface area contributed by atoms with Crippen molar-refractivity contribution in [1.29, 1.82) is 0 Å². The van der Waals surface area contributed by atoms with Crippen molar-refractivity contribution in [3.63, 3.8) is 0 Å². The molecule has 0 fully saturated rings. The van der Waals surface area contributed by atoms with Gasteiger partial charge in [0, 0.05) is 18.1 Å². The molecular formula is C27H27ClN4O4S. The average molecular weight is 539 g/mol. The lowest BCUT2D eigenvalue weighted by atomic mass is 10.1. The number of carbonyl (C=O) groups is 1. The number of aryl methyl sites for hydroxylation is 1. The summed E-state index contributed by atoms with van der Waals surface area (Å²) in [6, 6.07) is 19.9. The molecular weight excluding hydrogens is 512 g/mol. The van der Waals surface area contributed by atoms with Crippen molar-refractivity contribution in [3.05, 3.63) is 107 Å². The second-order valence-corrected chi connectivity index (χ2v) is 10.3. The summed E-state index contributed by atoms with van der Waals surface area (Å²) in [5.74, 6) is 1.07. The van der Waals surface area contributed by atoms with Gasteiger partial charge in [-0.15, -0.1) is 0 Å². The number of rotatable bonds is 9. The first-order chi connectivity index (χ1) is 17.8. The molecule has 0 aliphatic heterocycles. The van der Waals surface area contributed by atoms with Gasteiger partial charge in [0.2, 0.25) is 0 Å². The van der Waals surface area contributed by atoms with Crippen LogP contribution in [-0.2, 0) is 16.4 Å². The molecule has 0 radical (unpaired) electrons. The largest absolute Gasteiger partial charge is 0.492 e. The molecule has 0 saturated heterocycles. The number of imidazole rings is 1. The zero-order chi connectivity index (χ0) is 26.4. The monoisotopic (exact) mass is 538 g/mol. The maximum Gasteiger partial charge on any atom is 0.329 e. The van der Waals surface area contributed by atoms with Gasteiger partial charge in [-0.1, -0.05) is 60.1 Å². The Morgan fingerprint density at radius 2 is 1.81 bits per heavy atom. The lowest BCUT2D eigenvalue weighted by molar-refractivity contribution is 0.241. The van der Waals surface area contributed by atoms with Crippen molar-refractivity contribution in [3.8, 4) is 11.4 Å². The summed E-state index contributed by atoms with van der Waals surface area (Å²) < 4.78 is 35.2. The fourth-order valence-corrected chi connectivity index (χ4v) is 5.37. The van der Waals surface area contributed by atoms with Crippen LogP contribution in [0.5, 0.6) is 5.75 Å². The number of hydrogen-bond acceptors (Lipinski definition) is 5. The van der Waals surface area contributed by atoms with Crippen LogP contribution in [0.25, 0.3) is 5.69 Å². The van der Waals surface area contributed by atoms with E-state index in [1.54, 1.807) is 54.2 Å². The zero-order valence-electron chi connectivity index (χ0n) is 20.4. The zero-order valence-corrected chi connectivity index (χ0v) is 22.0. The van der Waals surface area contributed by atoms with Gasteiger partial charge in [-0.3, -0.25) is 0 Å². The Kier molecular flexibility index (Phi) is 8.15. The Bertz CT molecular complexity index is 1490. The Morgan fingerprint density at radius 3 is 2.51 bits per heavy atom. The summed E-state index contributed by atoms with van der Waals surface area (Å²) >= 11 is 6.41. The lowest BCUT2D eigenvalue weighted by Gasteiger charge is -2.21. The Morgan fingerprint density at radius 1 is 1.08 bits per heavy atom.